The normalized spacial score (nSPS) is 10.8. The maximum Gasteiger partial charge on any atom is 0.270 e. The SMILES string of the molecule is CC(C)CCNCc1cc(Br)cc([N+](=O)[O-])c1. The summed E-state index contributed by atoms with van der Waals surface area (Å²) in [5.74, 6) is 0.666. The standard InChI is InChI=1S/C12H17BrN2O2/c1-9(2)3-4-14-8-10-5-11(13)7-12(6-10)15(16)17/h5-7,9,14H,3-4,8H2,1-2H3. The Hall–Kier alpha value is -0.940. The fourth-order valence-corrected chi connectivity index (χ4v) is 1.99. The molecule has 1 aromatic carbocycles. The molecule has 0 aliphatic rings. The van der Waals surface area contributed by atoms with Gasteiger partial charge in [-0.2, -0.15) is 0 Å². The Morgan fingerprint density at radius 3 is 2.71 bits per heavy atom. The van der Waals surface area contributed by atoms with Crippen LogP contribution in [0.25, 0.3) is 0 Å². The van der Waals surface area contributed by atoms with Crippen molar-refractivity contribution in [3.63, 3.8) is 0 Å². The van der Waals surface area contributed by atoms with E-state index in [1.807, 2.05) is 6.07 Å². The lowest BCUT2D eigenvalue weighted by Gasteiger charge is -2.07. The second-order valence-corrected chi connectivity index (χ2v) is 5.35. The van der Waals surface area contributed by atoms with Crippen molar-refractivity contribution in [3.8, 4) is 0 Å². The van der Waals surface area contributed by atoms with Gasteiger partial charge in [0.05, 0.1) is 4.92 Å². The van der Waals surface area contributed by atoms with Crippen molar-refractivity contribution in [1.82, 2.24) is 5.32 Å². The summed E-state index contributed by atoms with van der Waals surface area (Å²) in [5, 5.41) is 14.0. The Labute approximate surface area is 110 Å². The van der Waals surface area contributed by atoms with Crippen LogP contribution in [0.2, 0.25) is 0 Å². The van der Waals surface area contributed by atoms with Gasteiger partial charge in [-0.15, -0.1) is 0 Å². The van der Waals surface area contributed by atoms with Crippen LogP contribution < -0.4 is 5.32 Å². The fraction of sp³-hybridized carbons (Fsp3) is 0.500. The molecule has 94 valence electrons. The Bertz CT molecular complexity index is 394. The second kappa shape index (κ2) is 6.71. The van der Waals surface area contributed by atoms with Gasteiger partial charge in [-0.1, -0.05) is 29.8 Å². The van der Waals surface area contributed by atoms with E-state index in [9.17, 15) is 10.1 Å². The summed E-state index contributed by atoms with van der Waals surface area (Å²) < 4.78 is 0.743. The lowest BCUT2D eigenvalue weighted by Crippen LogP contribution is -2.16. The Morgan fingerprint density at radius 1 is 1.41 bits per heavy atom. The van der Waals surface area contributed by atoms with Crippen LogP contribution in [0.15, 0.2) is 22.7 Å². The van der Waals surface area contributed by atoms with Crippen LogP contribution in [-0.4, -0.2) is 11.5 Å². The van der Waals surface area contributed by atoms with Crippen molar-refractivity contribution < 1.29 is 4.92 Å². The van der Waals surface area contributed by atoms with Gasteiger partial charge >= 0.3 is 0 Å². The molecule has 0 atom stereocenters. The number of rotatable bonds is 6. The zero-order valence-corrected chi connectivity index (χ0v) is 11.7. The molecule has 17 heavy (non-hydrogen) atoms. The lowest BCUT2D eigenvalue weighted by atomic mass is 10.1. The lowest BCUT2D eigenvalue weighted by molar-refractivity contribution is -0.385. The average Bonchev–Trinajstić information content (AvgIpc) is 2.23. The van der Waals surface area contributed by atoms with Crippen molar-refractivity contribution >= 4 is 21.6 Å². The summed E-state index contributed by atoms with van der Waals surface area (Å²) >= 11 is 3.28. The first kappa shape index (κ1) is 14.1. The third-order valence-electron chi connectivity index (χ3n) is 2.38. The van der Waals surface area contributed by atoms with Gasteiger partial charge < -0.3 is 5.32 Å². The van der Waals surface area contributed by atoms with Crippen LogP contribution >= 0.6 is 15.9 Å². The summed E-state index contributed by atoms with van der Waals surface area (Å²) in [7, 11) is 0. The summed E-state index contributed by atoms with van der Waals surface area (Å²) in [6.45, 7) is 5.93. The molecule has 1 rings (SSSR count). The molecule has 0 amide bonds. The van der Waals surface area contributed by atoms with E-state index in [1.54, 1.807) is 6.07 Å². The number of nitro benzene ring substituents is 1. The third-order valence-corrected chi connectivity index (χ3v) is 2.84. The predicted octanol–water partition coefficient (Wildman–Crippen LogP) is 3.49. The van der Waals surface area contributed by atoms with E-state index in [1.165, 1.54) is 6.07 Å². The molecule has 1 N–H and O–H groups in total. The quantitative estimate of drug-likeness (QED) is 0.497. The number of nitro groups is 1. The van der Waals surface area contributed by atoms with Crippen molar-refractivity contribution in [2.24, 2.45) is 5.92 Å². The van der Waals surface area contributed by atoms with Gasteiger partial charge in [-0.25, -0.2) is 0 Å². The number of benzene rings is 1. The topological polar surface area (TPSA) is 55.2 Å². The van der Waals surface area contributed by atoms with Crippen LogP contribution in [0.5, 0.6) is 0 Å². The Balaban J connectivity index is 2.56. The molecule has 0 aliphatic heterocycles. The van der Waals surface area contributed by atoms with E-state index in [0.29, 0.717) is 12.5 Å². The minimum atomic E-state index is -0.373. The van der Waals surface area contributed by atoms with E-state index in [-0.39, 0.29) is 10.6 Å². The summed E-state index contributed by atoms with van der Waals surface area (Å²) in [4.78, 5) is 10.3. The highest BCUT2D eigenvalue weighted by Gasteiger charge is 2.08. The van der Waals surface area contributed by atoms with Crippen molar-refractivity contribution in [2.45, 2.75) is 26.8 Å². The van der Waals surface area contributed by atoms with Crippen LogP contribution in [0.3, 0.4) is 0 Å². The highest BCUT2D eigenvalue weighted by molar-refractivity contribution is 9.10. The predicted molar refractivity (Wildman–Crippen MR) is 72.0 cm³/mol. The van der Waals surface area contributed by atoms with Crippen LogP contribution in [0, 0.1) is 16.0 Å². The Morgan fingerprint density at radius 2 is 2.12 bits per heavy atom. The molecule has 0 aromatic heterocycles. The molecule has 4 nitrogen and oxygen atoms in total. The smallest absolute Gasteiger partial charge is 0.270 e. The van der Waals surface area contributed by atoms with Gasteiger partial charge in [0.15, 0.2) is 0 Å². The number of nitrogens with zero attached hydrogens (tertiary/aromatic N) is 1. The number of hydrogen-bond donors (Lipinski definition) is 1. The van der Waals surface area contributed by atoms with Crippen molar-refractivity contribution in [1.29, 1.82) is 0 Å². The second-order valence-electron chi connectivity index (χ2n) is 4.43. The van der Waals surface area contributed by atoms with Crippen LogP contribution in [0.4, 0.5) is 5.69 Å². The molecular weight excluding hydrogens is 284 g/mol. The minimum absolute atomic E-state index is 0.125. The summed E-state index contributed by atoms with van der Waals surface area (Å²) in [5.41, 5.74) is 1.05. The number of non-ortho nitro benzene ring substituents is 1. The molecule has 0 fully saturated rings. The van der Waals surface area contributed by atoms with Crippen LogP contribution in [-0.2, 0) is 6.54 Å². The monoisotopic (exact) mass is 300 g/mol. The van der Waals surface area contributed by atoms with E-state index < -0.39 is 0 Å². The molecule has 0 bridgehead atoms. The first-order valence-electron chi connectivity index (χ1n) is 5.63. The molecule has 1 aromatic rings. The van der Waals surface area contributed by atoms with Crippen molar-refractivity contribution in [2.75, 3.05) is 6.54 Å². The summed E-state index contributed by atoms with van der Waals surface area (Å²) in [6, 6.07) is 5.01. The number of nitrogens with one attached hydrogen (secondary N) is 1. The van der Waals surface area contributed by atoms with Gasteiger partial charge in [-0.3, -0.25) is 10.1 Å². The van der Waals surface area contributed by atoms with E-state index in [2.05, 4.69) is 35.1 Å². The fourth-order valence-electron chi connectivity index (χ4n) is 1.46. The van der Waals surface area contributed by atoms with Gasteiger partial charge in [0, 0.05) is 23.2 Å². The average molecular weight is 301 g/mol. The zero-order valence-electron chi connectivity index (χ0n) is 10.1. The molecular formula is C12H17BrN2O2. The number of halogens is 1. The highest BCUT2D eigenvalue weighted by atomic mass is 79.9. The molecule has 5 heteroatoms. The first-order chi connectivity index (χ1) is 7.99. The van der Waals surface area contributed by atoms with E-state index >= 15 is 0 Å². The van der Waals surface area contributed by atoms with Gasteiger partial charge in [0.2, 0.25) is 0 Å². The van der Waals surface area contributed by atoms with E-state index in [0.717, 1.165) is 23.0 Å². The highest BCUT2D eigenvalue weighted by Crippen LogP contribution is 2.21. The largest absolute Gasteiger partial charge is 0.313 e. The zero-order chi connectivity index (χ0) is 12.8. The van der Waals surface area contributed by atoms with Gasteiger partial charge in [-0.05, 0) is 30.5 Å². The molecule has 0 aliphatic carbocycles. The minimum Gasteiger partial charge on any atom is -0.313 e. The molecule has 0 heterocycles. The van der Waals surface area contributed by atoms with Gasteiger partial charge in [0.1, 0.15) is 0 Å². The van der Waals surface area contributed by atoms with E-state index in [4.69, 9.17) is 0 Å². The Kier molecular flexibility index (Phi) is 5.58. The molecule has 0 radical (unpaired) electrons. The number of hydrogen-bond acceptors (Lipinski definition) is 3. The molecule has 0 unspecified atom stereocenters. The maximum atomic E-state index is 10.7. The molecule has 0 saturated carbocycles. The summed E-state index contributed by atoms with van der Waals surface area (Å²) in [6.07, 6.45) is 1.11. The molecule has 0 saturated heterocycles. The molecule has 0 spiro atoms. The third kappa shape index (κ3) is 5.28. The maximum absolute atomic E-state index is 10.7. The van der Waals surface area contributed by atoms with Gasteiger partial charge in [0.25, 0.3) is 5.69 Å². The first-order valence-corrected chi connectivity index (χ1v) is 6.43. The van der Waals surface area contributed by atoms with Crippen molar-refractivity contribution in [3.05, 3.63) is 38.3 Å². The van der Waals surface area contributed by atoms with Crippen LogP contribution in [0.1, 0.15) is 25.8 Å².